The first kappa shape index (κ1) is 19.5. The highest BCUT2D eigenvalue weighted by Gasteiger charge is 2.35. The van der Waals surface area contributed by atoms with Crippen molar-refractivity contribution in [2.75, 3.05) is 57.5 Å². The van der Waals surface area contributed by atoms with E-state index in [1.165, 1.54) is 0 Å². The van der Waals surface area contributed by atoms with Crippen LogP contribution < -0.4 is 19.7 Å². The standard InChI is InChI=1S/C20H25N3O6/c24-18(22-5-7-27-8-6-22)3-4-21-20(26)14-11-19(25)23(13-14)15-1-2-16-17(12-15)29-10-9-28-16/h1-2,12,14H,3-11,13H2,(H,21,26)/t14-/m0/s1. The van der Waals surface area contributed by atoms with Gasteiger partial charge in [0, 0.05) is 50.8 Å². The Hall–Kier alpha value is -2.81. The SMILES string of the molecule is O=C(NCCC(=O)N1CCOCC1)[C@H]1CC(=O)N(c2ccc3c(c2)OCCO3)C1. The van der Waals surface area contributed by atoms with Crippen molar-refractivity contribution >= 4 is 23.4 Å². The van der Waals surface area contributed by atoms with Gasteiger partial charge in [0.15, 0.2) is 11.5 Å². The van der Waals surface area contributed by atoms with Crippen LogP contribution in [0.1, 0.15) is 12.8 Å². The third kappa shape index (κ3) is 4.45. The van der Waals surface area contributed by atoms with Crippen LogP contribution in [0, 0.1) is 5.92 Å². The normalized spacial score (nSPS) is 21.2. The van der Waals surface area contributed by atoms with E-state index in [0.717, 1.165) is 0 Å². The highest BCUT2D eigenvalue weighted by Crippen LogP contribution is 2.35. The number of hydrogen-bond donors (Lipinski definition) is 1. The molecule has 3 amide bonds. The second-order valence-electron chi connectivity index (χ2n) is 7.27. The summed E-state index contributed by atoms with van der Waals surface area (Å²) >= 11 is 0. The number of benzene rings is 1. The molecule has 1 aromatic rings. The molecule has 9 heteroatoms. The van der Waals surface area contributed by atoms with Crippen LogP contribution in [0.2, 0.25) is 0 Å². The van der Waals surface area contributed by atoms with Crippen molar-refractivity contribution in [1.82, 2.24) is 10.2 Å². The first-order chi connectivity index (χ1) is 14.1. The first-order valence-corrected chi connectivity index (χ1v) is 9.95. The highest BCUT2D eigenvalue weighted by atomic mass is 16.6. The highest BCUT2D eigenvalue weighted by molar-refractivity contribution is 6.00. The summed E-state index contributed by atoms with van der Waals surface area (Å²) in [7, 11) is 0. The zero-order valence-corrected chi connectivity index (χ0v) is 16.2. The molecule has 1 N–H and O–H groups in total. The first-order valence-electron chi connectivity index (χ1n) is 9.95. The molecule has 9 nitrogen and oxygen atoms in total. The molecule has 0 aliphatic carbocycles. The van der Waals surface area contributed by atoms with Crippen LogP contribution in [-0.2, 0) is 19.1 Å². The lowest BCUT2D eigenvalue weighted by Crippen LogP contribution is -2.42. The summed E-state index contributed by atoms with van der Waals surface area (Å²) in [6, 6.07) is 5.35. The predicted octanol–water partition coefficient (Wildman–Crippen LogP) is 0.176. The maximum Gasteiger partial charge on any atom is 0.227 e. The van der Waals surface area contributed by atoms with Crippen molar-refractivity contribution < 1.29 is 28.6 Å². The second-order valence-corrected chi connectivity index (χ2v) is 7.27. The van der Waals surface area contributed by atoms with E-state index in [0.29, 0.717) is 63.2 Å². The third-order valence-corrected chi connectivity index (χ3v) is 5.34. The third-order valence-electron chi connectivity index (χ3n) is 5.34. The summed E-state index contributed by atoms with van der Waals surface area (Å²) in [5, 5.41) is 2.80. The lowest BCUT2D eigenvalue weighted by molar-refractivity contribution is -0.135. The van der Waals surface area contributed by atoms with Gasteiger partial charge < -0.3 is 29.3 Å². The Morgan fingerprint density at radius 2 is 1.83 bits per heavy atom. The van der Waals surface area contributed by atoms with Crippen LogP contribution in [-0.4, -0.2) is 75.2 Å². The lowest BCUT2D eigenvalue weighted by Gasteiger charge is -2.26. The molecule has 0 saturated carbocycles. The number of amides is 3. The van der Waals surface area contributed by atoms with Crippen LogP contribution in [0.15, 0.2) is 18.2 Å². The van der Waals surface area contributed by atoms with Crippen molar-refractivity contribution in [2.24, 2.45) is 5.92 Å². The van der Waals surface area contributed by atoms with Crippen LogP contribution >= 0.6 is 0 Å². The molecule has 1 atom stereocenters. The monoisotopic (exact) mass is 403 g/mol. The maximum atomic E-state index is 12.5. The number of fused-ring (bicyclic) bond motifs is 1. The summed E-state index contributed by atoms with van der Waals surface area (Å²) in [5.41, 5.74) is 0.692. The lowest BCUT2D eigenvalue weighted by atomic mass is 10.1. The minimum Gasteiger partial charge on any atom is -0.486 e. The van der Waals surface area contributed by atoms with E-state index in [2.05, 4.69) is 5.32 Å². The van der Waals surface area contributed by atoms with Gasteiger partial charge in [0.2, 0.25) is 17.7 Å². The quantitative estimate of drug-likeness (QED) is 0.753. The fourth-order valence-corrected chi connectivity index (χ4v) is 3.74. The van der Waals surface area contributed by atoms with Crippen LogP contribution in [0.5, 0.6) is 11.5 Å². The Morgan fingerprint density at radius 1 is 1.07 bits per heavy atom. The average molecular weight is 403 g/mol. The number of carbonyl (C=O) groups is 3. The van der Waals surface area contributed by atoms with Crippen molar-refractivity contribution in [3.63, 3.8) is 0 Å². The number of nitrogens with one attached hydrogen (secondary N) is 1. The van der Waals surface area contributed by atoms with Crippen molar-refractivity contribution in [1.29, 1.82) is 0 Å². The molecule has 29 heavy (non-hydrogen) atoms. The Labute approximate surface area is 168 Å². The fraction of sp³-hybridized carbons (Fsp3) is 0.550. The molecule has 3 heterocycles. The summed E-state index contributed by atoms with van der Waals surface area (Å²) in [4.78, 5) is 40.4. The number of ether oxygens (including phenoxy) is 3. The van der Waals surface area contributed by atoms with Gasteiger partial charge in [0.05, 0.1) is 19.1 Å². The van der Waals surface area contributed by atoms with Gasteiger partial charge in [-0.05, 0) is 12.1 Å². The smallest absolute Gasteiger partial charge is 0.227 e. The van der Waals surface area contributed by atoms with E-state index in [1.807, 2.05) is 0 Å². The fourth-order valence-electron chi connectivity index (χ4n) is 3.74. The van der Waals surface area contributed by atoms with E-state index in [-0.39, 0.29) is 37.1 Å². The summed E-state index contributed by atoms with van der Waals surface area (Å²) in [6.07, 6.45) is 0.399. The van der Waals surface area contributed by atoms with E-state index in [9.17, 15) is 14.4 Å². The van der Waals surface area contributed by atoms with Gasteiger partial charge in [0.1, 0.15) is 13.2 Å². The summed E-state index contributed by atoms with van der Waals surface area (Å²) in [6.45, 7) is 3.84. The average Bonchev–Trinajstić information content (AvgIpc) is 3.15. The van der Waals surface area contributed by atoms with Gasteiger partial charge in [-0.25, -0.2) is 0 Å². The molecule has 1 aromatic carbocycles. The largest absolute Gasteiger partial charge is 0.486 e. The number of nitrogens with zero attached hydrogens (tertiary/aromatic N) is 2. The second kappa shape index (κ2) is 8.69. The molecule has 0 radical (unpaired) electrons. The summed E-state index contributed by atoms with van der Waals surface area (Å²) < 4.78 is 16.3. The number of anilines is 1. The molecule has 3 aliphatic rings. The van der Waals surface area contributed by atoms with Crippen LogP contribution in [0.25, 0.3) is 0 Å². The minimum atomic E-state index is -0.436. The Kier molecular flexibility index (Phi) is 5.84. The predicted molar refractivity (Wildman–Crippen MR) is 103 cm³/mol. The molecule has 0 bridgehead atoms. The van der Waals surface area contributed by atoms with Crippen LogP contribution in [0.3, 0.4) is 0 Å². The minimum absolute atomic E-state index is 0.00834. The van der Waals surface area contributed by atoms with Gasteiger partial charge in [-0.15, -0.1) is 0 Å². The number of hydrogen-bond acceptors (Lipinski definition) is 6. The van der Waals surface area contributed by atoms with E-state index in [1.54, 1.807) is 28.0 Å². The Morgan fingerprint density at radius 3 is 2.62 bits per heavy atom. The van der Waals surface area contributed by atoms with Gasteiger partial charge in [-0.2, -0.15) is 0 Å². The van der Waals surface area contributed by atoms with Crippen molar-refractivity contribution in [3.8, 4) is 11.5 Å². The topological polar surface area (TPSA) is 97.4 Å². The molecule has 0 aromatic heterocycles. The van der Waals surface area contributed by atoms with Gasteiger partial charge in [-0.3, -0.25) is 14.4 Å². The molecule has 2 saturated heterocycles. The molecule has 2 fully saturated rings. The Bertz CT molecular complexity index is 792. The summed E-state index contributed by atoms with van der Waals surface area (Å²) in [5.74, 6) is 0.532. The van der Waals surface area contributed by atoms with Crippen LogP contribution in [0.4, 0.5) is 5.69 Å². The molecular weight excluding hydrogens is 378 g/mol. The molecule has 3 aliphatic heterocycles. The molecule has 0 unspecified atom stereocenters. The zero-order valence-electron chi connectivity index (χ0n) is 16.2. The maximum absolute atomic E-state index is 12.5. The number of carbonyl (C=O) groups excluding carboxylic acids is 3. The van der Waals surface area contributed by atoms with Gasteiger partial charge in [-0.1, -0.05) is 0 Å². The van der Waals surface area contributed by atoms with Gasteiger partial charge >= 0.3 is 0 Å². The molecule has 156 valence electrons. The van der Waals surface area contributed by atoms with E-state index < -0.39 is 5.92 Å². The van der Waals surface area contributed by atoms with E-state index >= 15 is 0 Å². The number of rotatable bonds is 5. The zero-order chi connectivity index (χ0) is 20.2. The number of morpholine rings is 1. The molecule has 4 rings (SSSR count). The molecule has 0 spiro atoms. The Balaban J connectivity index is 1.28. The molecular formula is C20H25N3O6. The van der Waals surface area contributed by atoms with Crippen molar-refractivity contribution in [3.05, 3.63) is 18.2 Å². The van der Waals surface area contributed by atoms with Crippen molar-refractivity contribution in [2.45, 2.75) is 12.8 Å². The van der Waals surface area contributed by atoms with E-state index in [4.69, 9.17) is 14.2 Å². The van der Waals surface area contributed by atoms with Gasteiger partial charge in [0.25, 0.3) is 0 Å².